The Labute approximate surface area is 185 Å². The van der Waals surface area contributed by atoms with Crippen LogP contribution in [-0.2, 0) is 16.5 Å². The van der Waals surface area contributed by atoms with Crippen molar-refractivity contribution in [1.29, 1.82) is 5.26 Å². The average Bonchev–Trinajstić information content (AvgIpc) is 3.03. The number of aromatic nitrogens is 1. The summed E-state index contributed by atoms with van der Waals surface area (Å²) in [5, 5.41) is 9.16. The number of nitriles is 1. The van der Waals surface area contributed by atoms with Crippen LogP contribution in [0, 0.1) is 17.1 Å². The first-order chi connectivity index (χ1) is 15.6. The summed E-state index contributed by atoms with van der Waals surface area (Å²) in [5.41, 5.74) is 3.51. The van der Waals surface area contributed by atoms with Crippen LogP contribution in [0.5, 0.6) is 0 Å². The van der Waals surface area contributed by atoms with Gasteiger partial charge in [0.1, 0.15) is 11.5 Å². The lowest BCUT2D eigenvalue weighted by molar-refractivity contribution is -0.141. The zero-order chi connectivity index (χ0) is 24.0. The van der Waals surface area contributed by atoms with Crippen LogP contribution >= 0.6 is 0 Å². The van der Waals surface area contributed by atoms with Crippen molar-refractivity contribution in [2.45, 2.75) is 11.7 Å². The normalized spacial score (nSPS) is 18.2. The molecule has 0 saturated carbocycles. The molecule has 4 rings (SSSR count). The first-order valence-electron chi connectivity index (χ1n) is 9.55. The summed E-state index contributed by atoms with van der Waals surface area (Å²) in [6, 6.07) is 13.9. The molecule has 0 bridgehead atoms. The number of alkyl halides is 3. The van der Waals surface area contributed by atoms with Gasteiger partial charge in [-0.3, -0.25) is 14.7 Å². The molecule has 0 fully saturated rings. The summed E-state index contributed by atoms with van der Waals surface area (Å²) >= 11 is 0. The maximum Gasteiger partial charge on any atom is 0.433 e. The number of carbonyl (C=O) groups is 1. The molecular weight excluding hydrogens is 438 g/mol. The van der Waals surface area contributed by atoms with Crippen LogP contribution in [0.15, 0.2) is 65.8 Å². The number of nitrogens with zero attached hydrogens (tertiary/aromatic N) is 4. The lowest BCUT2D eigenvalue weighted by atomic mass is 9.81. The number of hydrogen-bond acceptors (Lipinski definition) is 5. The van der Waals surface area contributed by atoms with Crippen LogP contribution in [0.3, 0.4) is 0 Å². The molecule has 1 aliphatic rings. The van der Waals surface area contributed by atoms with Gasteiger partial charge in [-0.05, 0) is 64.7 Å². The topological polar surface area (TPSA) is 95.4 Å². The zero-order valence-electron chi connectivity index (χ0n) is 17.1. The van der Waals surface area contributed by atoms with Gasteiger partial charge in [-0.25, -0.2) is 9.38 Å². The lowest BCUT2D eigenvalue weighted by Gasteiger charge is -2.27. The predicted octanol–water partition coefficient (Wildman–Crippen LogP) is 3.81. The highest BCUT2D eigenvalue weighted by Gasteiger charge is 2.50. The Morgan fingerprint density at radius 2 is 1.82 bits per heavy atom. The van der Waals surface area contributed by atoms with Gasteiger partial charge in [0.15, 0.2) is 11.5 Å². The summed E-state index contributed by atoms with van der Waals surface area (Å²) in [4.78, 5) is 21.9. The van der Waals surface area contributed by atoms with E-state index in [1.165, 1.54) is 31.3 Å². The van der Waals surface area contributed by atoms with Gasteiger partial charge in [0.05, 0.1) is 11.6 Å². The summed E-state index contributed by atoms with van der Waals surface area (Å²) in [7, 11) is 1.32. The van der Waals surface area contributed by atoms with Gasteiger partial charge >= 0.3 is 6.18 Å². The van der Waals surface area contributed by atoms with Crippen molar-refractivity contribution in [2.75, 3.05) is 7.05 Å². The van der Waals surface area contributed by atoms with E-state index in [2.05, 4.69) is 9.98 Å². The van der Waals surface area contributed by atoms with Crippen molar-refractivity contribution in [3.05, 3.63) is 89.0 Å². The molecule has 3 aromatic rings. The monoisotopic (exact) mass is 453 g/mol. The molecule has 1 atom stereocenters. The molecule has 166 valence electrons. The molecule has 10 heteroatoms. The molecule has 0 spiro atoms. The number of carbonyl (C=O) groups excluding carboxylic acids is 1. The highest BCUT2D eigenvalue weighted by Crippen LogP contribution is 2.42. The van der Waals surface area contributed by atoms with Gasteiger partial charge in [-0.1, -0.05) is 12.1 Å². The molecule has 0 radical (unpaired) electrons. The summed E-state index contributed by atoms with van der Waals surface area (Å²) in [5.74, 6) is -1.73. The predicted molar refractivity (Wildman–Crippen MR) is 111 cm³/mol. The van der Waals surface area contributed by atoms with E-state index < -0.39 is 29.1 Å². The van der Waals surface area contributed by atoms with Crippen LogP contribution in [0.1, 0.15) is 22.4 Å². The summed E-state index contributed by atoms with van der Waals surface area (Å²) in [6.45, 7) is 0. The van der Waals surface area contributed by atoms with Crippen molar-refractivity contribution < 1.29 is 22.4 Å². The van der Waals surface area contributed by atoms with Crippen LogP contribution in [0.4, 0.5) is 17.6 Å². The van der Waals surface area contributed by atoms with E-state index in [1.54, 1.807) is 18.2 Å². The number of likely N-dealkylation sites (N-methyl/N-ethyl adjacent to an activating group) is 1. The Morgan fingerprint density at radius 1 is 1.06 bits per heavy atom. The van der Waals surface area contributed by atoms with Gasteiger partial charge in [-0.15, -0.1) is 0 Å². The van der Waals surface area contributed by atoms with Gasteiger partial charge in [0.2, 0.25) is 0 Å². The van der Waals surface area contributed by atoms with Crippen molar-refractivity contribution in [2.24, 2.45) is 10.7 Å². The molecule has 2 heterocycles. The maximum atomic E-state index is 14.8. The lowest BCUT2D eigenvalue weighted by Crippen LogP contribution is -2.41. The standard InChI is InChI=1S/C23H15F4N5O/c1-32-20(33)22(31-21(32)29,16-5-6-30-19(11-16)23(25,26)27)17-8-15(9-18(24)10-17)14-4-2-3-13(7-14)12-28/h2-11H,1H3,(H2,29,31). The second-order valence-corrected chi connectivity index (χ2v) is 7.39. The number of guanidine groups is 1. The number of nitrogens with two attached hydrogens (primary N) is 1. The Hall–Kier alpha value is -4.26. The van der Waals surface area contributed by atoms with Gasteiger partial charge in [-0.2, -0.15) is 18.4 Å². The highest BCUT2D eigenvalue weighted by atomic mass is 19.4. The van der Waals surface area contributed by atoms with E-state index in [1.807, 2.05) is 6.07 Å². The van der Waals surface area contributed by atoms with E-state index in [0.29, 0.717) is 22.8 Å². The minimum absolute atomic E-state index is 0.0171. The smallest absolute Gasteiger partial charge is 0.369 e. The minimum Gasteiger partial charge on any atom is -0.369 e. The van der Waals surface area contributed by atoms with Crippen LogP contribution in [0.2, 0.25) is 0 Å². The largest absolute Gasteiger partial charge is 0.433 e. The number of rotatable bonds is 3. The first-order valence-corrected chi connectivity index (χ1v) is 9.55. The second-order valence-electron chi connectivity index (χ2n) is 7.39. The molecule has 2 N–H and O–H groups in total. The average molecular weight is 453 g/mol. The molecular formula is C23H15F4N5O. The molecule has 0 aliphatic carbocycles. The Kier molecular flexibility index (Phi) is 5.13. The minimum atomic E-state index is -4.77. The molecule has 0 saturated heterocycles. The fraction of sp³-hybridized carbons (Fsp3) is 0.130. The Bertz CT molecular complexity index is 1350. The van der Waals surface area contributed by atoms with Gasteiger partial charge < -0.3 is 5.73 Å². The van der Waals surface area contributed by atoms with Crippen LogP contribution < -0.4 is 5.73 Å². The van der Waals surface area contributed by atoms with Crippen molar-refractivity contribution >= 4 is 11.9 Å². The summed E-state index contributed by atoms with van der Waals surface area (Å²) < 4.78 is 54.8. The van der Waals surface area contributed by atoms with E-state index in [0.717, 1.165) is 17.2 Å². The molecule has 1 amide bonds. The fourth-order valence-electron chi connectivity index (χ4n) is 3.73. The van der Waals surface area contributed by atoms with Gasteiger partial charge in [0.25, 0.3) is 5.91 Å². The maximum absolute atomic E-state index is 14.8. The van der Waals surface area contributed by atoms with Gasteiger partial charge in [0, 0.05) is 13.2 Å². The van der Waals surface area contributed by atoms with Crippen molar-refractivity contribution in [1.82, 2.24) is 9.88 Å². The summed E-state index contributed by atoms with van der Waals surface area (Å²) in [6.07, 6.45) is -3.86. The molecule has 33 heavy (non-hydrogen) atoms. The number of hydrogen-bond donors (Lipinski definition) is 1. The number of amides is 1. The second kappa shape index (κ2) is 7.70. The molecule has 2 aromatic carbocycles. The Balaban J connectivity index is 1.99. The van der Waals surface area contributed by atoms with E-state index >= 15 is 0 Å². The molecule has 1 unspecified atom stereocenters. The molecule has 6 nitrogen and oxygen atoms in total. The first kappa shape index (κ1) is 22.0. The fourth-order valence-corrected chi connectivity index (χ4v) is 3.73. The van der Waals surface area contributed by atoms with E-state index in [-0.39, 0.29) is 17.1 Å². The van der Waals surface area contributed by atoms with Crippen molar-refractivity contribution in [3.8, 4) is 17.2 Å². The number of benzene rings is 2. The number of aliphatic imine (C=N–C) groups is 1. The number of pyridine rings is 1. The third-order valence-corrected chi connectivity index (χ3v) is 5.35. The van der Waals surface area contributed by atoms with Crippen molar-refractivity contribution in [3.63, 3.8) is 0 Å². The number of halogens is 4. The quantitative estimate of drug-likeness (QED) is 0.610. The van der Waals surface area contributed by atoms with Crippen LogP contribution in [0.25, 0.3) is 11.1 Å². The van der Waals surface area contributed by atoms with Crippen LogP contribution in [-0.4, -0.2) is 28.8 Å². The van der Waals surface area contributed by atoms with E-state index in [9.17, 15) is 22.4 Å². The van der Waals surface area contributed by atoms with E-state index in [4.69, 9.17) is 11.0 Å². The highest BCUT2D eigenvalue weighted by molar-refractivity contribution is 6.09. The zero-order valence-corrected chi connectivity index (χ0v) is 17.1. The third-order valence-electron chi connectivity index (χ3n) is 5.35. The third kappa shape index (κ3) is 3.67. The SMILES string of the molecule is CN1C(=O)C(c2cc(F)cc(-c3cccc(C#N)c3)c2)(c2ccnc(C(F)(F)F)c2)N=C1N. The Morgan fingerprint density at radius 3 is 2.45 bits per heavy atom. The molecule has 1 aliphatic heterocycles. The molecule has 1 aromatic heterocycles.